The van der Waals surface area contributed by atoms with E-state index in [1.54, 1.807) is 13.8 Å². The van der Waals surface area contributed by atoms with E-state index >= 15 is 0 Å². The molecule has 0 aliphatic rings. The van der Waals surface area contributed by atoms with Crippen LogP contribution >= 0.6 is 0 Å². The summed E-state index contributed by atoms with van der Waals surface area (Å²) in [5.74, 6) is -2.96. The summed E-state index contributed by atoms with van der Waals surface area (Å²) in [6.45, 7) is 4.07. The van der Waals surface area contributed by atoms with E-state index in [0.29, 0.717) is 23.7 Å². The predicted molar refractivity (Wildman–Crippen MR) is 62.3 cm³/mol. The maximum atomic E-state index is 13.7. The van der Waals surface area contributed by atoms with Gasteiger partial charge in [-0.25, -0.2) is 8.78 Å². The zero-order valence-electron chi connectivity index (χ0n) is 10.1. The van der Waals surface area contributed by atoms with E-state index in [4.69, 9.17) is 13.9 Å². The number of hydrogen-bond acceptors (Lipinski definition) is 3. The third-order valence-electron chi connectivity index (χ3n) is 2.20. The van der Waals surface area contributed by atoms with Crippen molar-refractivity contribution < 1.29 is 22.7 Å². The maximum Gasteiger partial charge on any atom is 0.304 e. The summed E-state index contributed by atoms with van der Waals surface area (Å²) in [5, 5.41) is 0. The molecule has 0 radical (unpaired) electrons. The molecule has 0 unspecified atom stereocenters. The van der Waals surface area contributed by atoms with Crippen molar-refractivity contribution in [1.29, 1.82) is 0 Å². The fourth-order valence-electron chi connectivity index (χ4n) is 1.54. The molecule has 0 atom stereocenters. The molecule has 0 amide bonds. The first-order chi connectivity index (χ1) is 8.09. The molecule has 1 aromatic rings. The van der Waals surface area contributed by atoms with Crippen LogP contribution < -0.4 is 0 Å². The Balaban J connectivity index is 3.19. The van der Waals surface area contributed by atoms with E-state index in [1.165, 1.54) is 6.07 Å². The lowest BCUT2D eigenvalue weighted by Gasteiger charge is -2.32. The summed E-state index contributed by atoms with van der Waals surface area (Å²) in [6.07, 6.45) is 0. The first-order valence-electron chi connectivity index (χ1n) is 5.38. The number of rotatable bonds is 6. The van der Waals surface area contributed by atoms with Crippen LogP contribution in [0.2, 0.25) is 0 Å². The summed E-state index contributed by atoms with van der Waals surface area (Å²) < 4.78 is 42.5. The molecule has 0 spiro atoms. The van der Waals surface area contributed by atoms with Crippen LogP contribution in [-0.2, 0) is 19.9 Å². The zero-order chi connectivity index (χ0) is 12.9. The molecule has 3 nitrogen and oxygen atoms in total. The van der Waals surface area contributed by atoms with Crippen molar-refractivity contribution in [2.75, 3.05) is 13.2 Å². The molecule has 6 heteroatoms. The van der Waals surface area contributed by atoms with Gasteiger partial charge in [0.1, 0.15) is 11.6 Å². The van der Waals surface area contributed by atoms with Gasteiger partial charge in [-0.3, -0.25) is 0 Å². The standard InChI is InChI=1S/C11H16F2O3Si/c1-3-14-11(16-17,15-4-2)9-6-5-8(12)7-10(9)13/h5-7H,3-4H2,1-2,17H3. The Morgan fingerprint density at radius 1 is 1.18 bits per heavy atom. The molecule has 0 saturated carbocycles. The predicted octanol–water partition coefficient (Wildman–Crippen LogP) is 1.45. The smallest absolute Gasteiger partial charge is 0.304 e. The number of halogens is 2. The minimum absolute atomic E-state index is 0.0533. The van der Waals surface area contributed by atoms with E-state index in [0.717, 1.165) is 12.1 Å². The molecule has 0 bridgehead atoms. The van der Waals surface area contributed by atoms with Crippen molar-refractivity contribution in [3.8, 4) is 0 Å². The molecule has 0 fully saturated rings. The van der Waals surface area contributed by atoms with E-state index in [2.05, 4.69) is 0 Å². The van der Waals surface area contributed by atoms with Crippen molar-refractivity contribution in [2.24, 2.45) is 0 Å². The lowest BCUT2D eigenvalue weighted by atomic mass is 10.1. The van der Waals surface area contributed by atoms with Crippen molar-refractivity contribution in [3.05, 3.63) is 35.4 Å². The van der Waals surface area contributed by atoms with Crippen molar-refractivity contribution >= 4 is 10.5 Å². The van der Waals surface area contributed by atoms with Crippen LogP contribution in [0, 0.1) is 11.6 Å². The molecule has 0 heterocycles. The Morgan fingerprint density at radius 2 is 1.76 bits per heavy atom. The Hall–Kier alpha value is -0.823. The van der Waals surface area contributed by atoms with Gasteiger partial charge in [0.25, 0.3) is 0 Å². The second kappa shape index (κ2) is 6.20. The van der Waals surface area contributed by atoms with Gasteiger partial charge >= 0.3 is 5.97 Å². The van der Waals surface area contributed by atoms with Crippen LogP contribution in [0.25, 0.3) is 0 Å². The number of benzene rings is 1. The van der Waals surface area contributed by atoms with Gasteiger partial charge in [-0.2, -0.15) is 0 Å². The van der Waals surface area contributed by atoms with Gasteiger partial charge in [-0.1, -0.05) is 0 Å². The van der Waals surface area contributed by atoms with Crippen molar-refractivity contribution in [1.82, 2.24) is 0 Å². The first kappa shape index (κ1) is 14.2. The second-order valence-corrected chi connectivity index (χ2v) is 3.66. The van der Waals surface area contributed by atoms with Crippen LogP contribution in [0.15, 0.2) is 18.2 Å². The van der Waals surface area contributed by atoms with Crippen LogP contribution in [0.1, 0.15) is 19.4 Å². The summed E-state index contributed by atoms with van der Waals surface area (Å²) in [6, 6.07) is 3.20. The molecule has 96 valence electrons. The second-order valence-electron chi connectivity index (χ2n) is 3.25. The summed E-state index contributed by atoms with van der Waals surface area (Å²) in [4.78, 5) is 0. The van der Waals surface area contributed by atoms with Gasteiger partial charge in [0.2, 0.25) is 0 Å². The Kier molecular flexibility index (Phi) is 5.19. The van der Waals surface area contributed by atoms with E-state index in [1.807, 2.05) is 0 Å². The van der Waals surface area contributed by atoms with Gasteiger partial charge in [-0.15, -0.1) is 0 Å². The van der Waals surface area contributed by atoms with Gasteiger partial charge in [0.05, 0.1) is 5.56 Å². The summed E-state index contributed by atoms with van der Waals surface area (Å²) in [5.41, 5.74) is 0.0533. The van der Waals surface area contributed by atoms with E-state index in [9.17, 15) is 8.78 Å². The normalized spacial score (nSPS) is 12.0. The average Bonchev–Trinajstić information content (AvgIpc) is 2.28. The Labute approximate surface area is 102 Å². The van der Waals surface area contributed by atoms with Crippen LogP contribution in [0.3, 0.4) is 0 Å². The monoisotopic (exact) mass is 262 g/mol. The minimum atomic E-state index is -1.56. The van der Waals surface area contributed by atoms with Crippen molar-refractivity contribution in [2.45, 2.75) is 19.8 Å². The number of hydrogen-bond donors (Lipinski definition) is 0. The molecule has 0 aromatic heterocycles. The van der Waals surface area contributed by atoms with E-state index < -0.39 is 17.6 Å². The molecule has 0 aliphatic carbocycles. The van der Waals surface area contributed by atoms with Gasteiger partial charge < -0.3 is 13.9 Å². The third-order valence-corrected chi connectivity index (χ3v) is 2.74. The highest BCUT2D eigenvalue weighted by molar-refractivity contribution is 5.98. The molecule has 1 rings (SSSR count). The lowest BCUT2D eigenvalue weighted by molar-refractivity contribution is -0.354. The number of ether oxygens (including phenoxy) is 2. The van der Waals surface area contributed by atoms with Crippen LogP contribution in [0.5, 0.6) is 0 Å². The van der Waals surface area contributed by atoms with Crippen LogP contribution in [-0.4, -0.2) is 23.7 Å². The maximum absolute atomic E-state index is 13.7. The first-order valence-corrected chi connectivity index (χ1v) is 6.19. The molecular formula is C11H16F2O3Si. The van der Waals surface area contributed by atoms with Crippen molar-refractivity contribution in [3.63, 3.8) is 0 Å². The van der Waals surface area contributed by atoms with Gasteiger partial charge in [0, 0.05) is 19.3 Å². The average molecular weight is 262 g/mol. The lowest BCUT2D eigenvalue weighted by Crippen LogP contribution is -2.37. The molecule has 0 saturated heterocycles. The largest absolute Gasteiger partial charge is 0.376 e. The fraction of sp³-hybridized carbons (Fsp3) is 0.455. The van der Waals surface area contributed by atoms with Gasteiger partial charge in [0.15, 0.2) is 10.5 Å². The van der Waals surface area contributed by atoms with Crippen LogP contribution in [0.4, 0.5) is 8.78 Å². The third kappa shape index (κ3) is 3.10. The molecule has 17 heavy (non-hydrogen) atoms. The fourth-order valence-corrected chi connectivity index (χ4v) is 2.00. The Morgan fingerprint density at radius 3 is 2.18 bits per heavy atom. The highest BCUT2D eigenvalue weighted by atomic mass is 28.2. The highest BCUT2D eigenvalue weighted by Gasteiger charge is 2.36. The topological polar surface area (TPSA) is 27.7 Å². The molecule has 0 N–H and O–H groups in total. The Bertz CT molecular complexity index is 368. The van der Waals surface area contributed by atoms with E-state index in [-0.39, 0.29) is 5.56 Å². The SMILES string of the molecule is CCOC(O[SiH3])(OCC)c1ccc(F)cc1F. The quantitative estimate of drug-likeness (QED) is 0.573. The highest BCUT2D eigenvalue weighted by Crippen LogP contribution is 2.30. The molecule has 1 aromatic carbocycles. The summed E-state index contributed by atoms with van der Waals surface area (Å²) >= 11 is 0. The minimum Gasteiger partial charge on any atom is -0.376 e. The molecular weight excluding hydrogens is 246 g/mol. The zero-order valence-corrected chi connectivity index (χ0v) is 12.1. The molecule has 0 aliphatic heterocycles. The van der Waals surface area contributed by atoms with Gasteiger partial charge in [-0.05, 0) is 26.0 Å². The summed E-state index contributed by atoms with van der Waals surface area (Å²) in [7, 11) is 0.295.